The van der Waals surface area contributed by atoms with Gasteiger partial charge in [-0.2, -0.15) is 0 Å². The van der Waals surface area contributed by atoms with Crippen LogP contribution in [0, 0.1) is 6.92 Å². The van der Waals surface area contributed by atoms with Crippen LogP contribution in [0.3, 0.4) is 0 Å². The van der Waals surface area contributed by atoms with Crippen molar-refractivity contribution in [2.75, 3.05) is 0 Å². The second kappa shape index (κ2) is 7.05. The van der Waals surface area contributed by atoms with Gasteiger partial charge in [0.1, 0.15) is 0 Å². The van der Waals surface area contributed by atoms with E-state index in [9.17, 15) is 0 Å². The summed E-state index contributed by atoms with van der Waals surface area (Å²) < 4.78 is 0. The van der Waals surface area contributed by atoms with E-state index < -0.39 is 0 Å². The van der Waals surface area contributed by atoms with Gasteiger partial charge in [0.2, 0.25) is 0 Å². The molecule has 0 amide bonds. The summed E-state index contributed by atoms with van der Waals surface area (Å²) in [4.78, 5) is 0. The lowest BCUT2D eigenvalue weighted by molar-refractivity contribution is 1.12. The average molecular weight is 213 g/mol. The van der Waals surface area contributed by atoms with Crippen LogP contribution in [0.4, 0.5) is 0 Å². The molecule has 0 spiro atoms. The second-order valence-corrected chi connectivity index (χ2v) is 3.90. The molecule has 0 heteroatoms. The molecule has 0 unspecified atom stereocenters. The van der Waals surface area contributed by atoms with Gasteiger partial charge in [0.15, 0.2) is 0 Å². The third-order valence-corrected chi connectivity index (χ3v) is 2.71. The van der Waals surface area contributed by atoms with Gasteiger partial charge in [-0.15, -0.1) is 0 Å². The summed E-state index contributed by atoms with van der Waals surface area (Å²) in [6.07, 6.45) is 11.6. The Morgan fingerprint density at radius 1 is 1.00 bits per heavy atom. The van der Waals surface area contributed by atoms with Gasteiger partial charge in [0.25, 0.3) is 0 Å². The van der Waals surface area contributed by atoms with Crippen molar-refractivity contribution in [3.8, 4) is 0 Å². The highest BCUT2D eigenvalue weighted by molar-refractivity contribution is 5.35. The first kappa shape index (κ1) is 12.8. The highest BCUT2D eigenvalue weighted by atomic mass is 14.1. The van der Waals surface area contributed by atoms with Gasteiger partial charge in [0, 0.05) is 0 Å². The van der Waals surface area contributed by atoms with Gasteiger partial charge in [-0.05, 0) is 56.7 Å². The zero-order valence-electron chi connectivity index (χ0n) is 10.4. The molecule has 1 aromatic carbocycles. The van der Waals surface area contributed by atoms with E-state index in [4.69, 9.17) is 0 Å². The fraction of sp³-hybridized carbons (Fsp3) is 0.312. The molecule has 0 fully saturated rings. The Balaban J connectivity index is 2.95. The van der Waals surface area contributed by atoms with Crippen LogP contribution in [0.1, 0.15) is 30.5 Å². The van der Waals surface area contributed by atoms with Crippen molar-refractivity contribution in [2.45, 2.75) is 33.1 Å². The van der Waals surface area contributed by atoms with E-state index in [1.54, 1.807) is 0 Å². The minimum absolute atomic E-state index is 0.868. The van der Waals surface area contributed by atoms with Gasteiger partial charge in [-0.3, -0.25) is 0 Å². The standard InChI is InChI=1S/C16H21/c1-4-7-9-15-12-11-14(6-3)13-16(15)10-8-5-2/h4-5,7-8,11-13H,3,6,9-10H2,1-2H3/b7-4+,8-5+. The summed E-state index contributed by atoms with van der Waals surface area (Å²) in [6, 6.07) is 6.70. The molecular formula is C16H21. The van der Waals surface area contributed by atoms with Crippen molar-refractivity contribution in [1.29, 1.82) is 0 Å². The van der Waals surface area contributed by atoms with Crippen molar-refractivity contribution in [1.82, 2.24) is 0 Å². The zero-order valence-corrected chi connectivity index (χ0v) is 10.4. The van der Waals surface area contributed by atoms with E-state index in [0.717, 1.165) is 19.3 Å². The van der Waals surface area contributed by atoms with E-state index in [0.29, 0.717) is 0 Å². The molecule has 0 aliphatic heterocycles. The number of rotatable bonds is 5. The molecule has 0 atom stereocenters. The third-order valence-electron chi connectivity index (χ3n) is 2.71. The summed E-state index contributed by atoms with van der Waals surface area (Å²) in [7, 11) is 0. The van der Waals surface area contributed by atoms with Gasteiger partial charge >= 0.3 is 0 Å². The molecule has 0 nitrogen and oxygen atoms in total. The van der Waals surface area contributed by atoms with Crippen molar-refractivity contribution in [3.05, 3.63) is 66.1 Å². The zero-order chi connectivity index (χ0) is 11.8. The lowest BCUT2D eigenvalue weighted by Crippen LogP contribution is -1.94. The minimum Gasteiger partial charge on any atom is -0.0913 e. The first-order valence-corrected chi connectivity index (χ1v) is 5.94. The molecule has 1 radical (unpaired) electrons. The highest BCUT2D eigenvalue weighted by Gasteiger charge is 2.00. The summed E-state index contributed by atoms with van der Waals surface area (Å²) in [5.41, 5.74) is 4.18. The largest absolute Gasteiger partial charge is 0.0913 e. The summed E-state index contributed by atoms with van der Waals surface area (Å²) in [6.45, 7) is 8.07. The molecule has 0 saturated heterocycles. The molecule has 1 aromatic rings. The number of hydrogen-bond donors (Lipinski definition) is 0. The van der Waals surface area contributed by atoms with E-state index in [-0.39, 0.29) is 0 Å². The maximum absolute atomic E-state index is 3.94. The second-order valence-electron chi connectivity index (χ2n) is 3.90. The molecule has 0 heterocycles. The van der Waals surface area contributed by atoms with Gasteiger partial charge in [-0.1, -0.05) is 42.5 Å². The minimum atomic E-state index is 0.868. The first-order valence-electron chi connectivity index (χ1n) is 5.94. The molecule has 0 bridgehead atoms. The molecule has 1 rings (SSSR count). The Morgan fingerprint density at radius 3 is 2.19 bits per heavy atom. The monoisotopic (exact) mass is 213 g/mol. The van der Waals surface area contributed by atoms with Gasteiger partial charge < -0.3 is 0 Å². The van der Waals surface area contributed by atoms with Crippen LogP contribution >= 0.6 is 0 Å². The maximum Gasteiger partial charge on any atom is -0.00946 e. The van der Waals surface area contributed by atoms with Crippen molar-refractivity contribution in [3.63, 3.8) is 0 Å². The molecule has 16 heavy (non-hydrogen) atoms. The third kappa shape index (κ3) is 3.69. The predicted octanol–water partition coefficient (Wildman–Crippen LogP) is 4.30. The number of benzene rings is 1. The Labute approximate surface area is 99.7 Å². The molecule has 85 valence electrons. The Hall–Kier alpha value is -1.30. The van der Waals surface area contributed by atoms with Crippen molar-refractivity contribution in [2.24, 2.45) is 0 Å². The fourth-order valence-electron chi connectivity index (χ4n) is 1.71. The Kier molecular flexibility index (Phi) is 5.63. The Morgan fingerprint density at radius 2 is 1.62 bits per heavy atom. The Bertz CT molecular complexity index is 370. The molecule has 0 aromatic heterocycles. The van der Waals surface area contributed by atoms with Crippen molar-refractivity contribution >= 4 is 0 Å². The number of allylic oxidation sites excluding steroid dienone is 4. The predicted molar refractivity (Wildman–Crippen MR) is 72.5 cm³/mol. The topological polar surface area (TPSA) is 0 Å². The van der Waals surface area contributed by atoms with Gasteiger partial charge in [0.05, 0.1) is 0 Å². The molecule has 0 aliphatic carbocycles. The molecule has 0 aliphatic rings. The average Bonchev–Trinajstić information content (AvgIpc) is 2.34. The summed E-state index contributed by atoms with van der Waals surface area (Å²) in [5.74, 6) is 0. The molecule has 0 N–H and O–H groups in total. The smallest absolute Gasteiger partial charge is 0.00946 e. The van der Waals surface area contributed by atoms with E-state index in [1.165, 1.54) is 16.7 Å². The van der Waals surface area contributed by atoms with Crippen LogP contribution in [-0.2, 0) is 19.3 Å². The maximum atomic E-state index is 3.94. The van der Waals surface area contributed by atoms with Crippen LogP contribution in [-0.4, -0.2) is 0 Å². The lowest BCUT2D eigenvalue weighted by atomic mass is 9.98. The van der Waals surface area contributed by atoms with Crippen LogP contribution in [0.15, 0.2) is 42.5 Å². The highest BCUT2D eigenvalue weighted by Crippen LogP contribution is 2.15. The molecule has 0 saturated carbocycles. The number of hydrogen-bond acceptors (Lipinski definition) is 0. The lowest BCUT2D eigenvalue weighted by Gasteiger charge is -2.08. The van der Waals surface area contributed by atoms with Crippen LogP contribution in [0.25, 0.3) is 0 Å². The van der Waals surface area contributed by atoms with Crippen LogP contribution in [0.2, 0.25) is 0 Å². The summed E-state index contributed by atoms with van der Waals surface area (Å²) >= 11 is 0. The van der Waals surface area contributed by atoms with Crippen molar-refractivity contribution < 1.29 is 0 Å². The van der Waals surface area contributed by atoms with E-state index in [1.807, 2.05) is 0 Å². The fourth-order valence-corrected chi connectivity index (χ4v) is 1.71. The molecular weight excluding hydrogens is 192 g/mol. The van der Waals surface area contributed by atoms with Crippen LogP contribution < -0.4 is 0 Å². The van der Waals surface area contributed by atoms with Crippen LogP contribution in [0.5, 0.6) is 0 Å². The van der Waals surface area contributed by atoms with E-state index in [2.05, 4.69) is 63.3 Å². The summed E-state index contributed by atoms with van der Waals surface area (Å²) in [5, 5.41) is 0. The van der Waals surface area contributed by atoms with E-state index >= 15 is 0 Å². The quantitative estimate of drug-likeness (QED) is 0.640. The SMILES string of the molecule is [CH2]Cc1ccc(C/C=C/C)c(C/C=C/C)c1. The van der Waals surface area contributed by atoms with Gasteiger partial charge in [-0.25, -0.2) is 0 Å². The first-order chi connectivity index (χ1) is 7.81. The normalized spacial score (nSPS) is 11.7.